The normalized spacial score (nSPS) is 16.4. The third-order valence-corrected chi connectivity index (χ3v) is 11.1. The molecule has 3 aliphatic heterocycles. The molecule has 3 aliphatic rings. The number of imide groups is 1. The Labute approximate surface area is 354 Å². The number of nitrogens with zero attached hydrogens (tertiary/aromatic N) is 6. The first-order valence-electron chi connectivity index (χ1n) is 19.6. The molecule has 3 aromatic carbocycles. The number of hydrogen-bond acceptors (Lipinski definition) is 12. The number of amides is 5. The Kier molecular flexibility index (Phi) is 12.9. The van der Waals surface area contributed by atoms with Gasteiger partial charge in [0, 0.05) is 82.2 Å². The topological polar surface area (TPSA) is 187 Å². The minimum Gasteiger partial charge on any atom is -0.507 e. The van der Waals surface area contributed by atoms with Crippen molar-refractivity contribution in [2.45, 2.75) is 31.8 Å². The first kappa shape index (κ1) is 42.7. The molecule has 1 unspecified atom stereocenters. The first-order valence-corrected chi connectivity index (χ1v) is 20.0. The van der Waals surface area contributed by atoms with Gasteiger partial charge in [0.05, 0.1) is 23.8 Å². The number of aromatic hydroxyl groups is 1. The molecule has 3 N–H and O–H groups in total. The van der Waals surface area contributed by atoms with Crippen molar-refractivity contribution >= 4 is 63.8 Å². The van der Waals surface area contributed by atoms with Crippen LogP contribution in [0.1, 0.15) is 35.2 Å². The molecule has 5 amide bonds. The maximum Gasteiger partial charge on any atom is 0.255 e. The highest BCUT2D eigenvalue weighted by Gasteiger charge is 2.39. The van der Waals surface area contributed by atoms with E-state index in [9.17, 15) is 33.5 Å². The average molecular weight is 861 g/mol. The molecule has 1 atom stereocenters. The number of benzene rings is 3. The van der Waals surface area contributed by atoms with E-state index in [1.165, 1.54) is 34.1 Å². The molecular formula is C42H43ClF2N8O8. The SMILES string of the molecule is C=CC(=O)N1CCN(c2nc(NCCC(=O)N(C)CCOCCOc3ccc4c(c3)CN(C3CCC(=O)NC3=O)C4=O)nc3c(F)c(-c4c(O)cccc4F)c(Cl)cc23)CC1. The van der Waals surface area contributed by atoms with Gasteiger partial charge in [-0.05, 0) is 54.5 Å². The van der Waals surface area contributed by atoms with Crippen LogP contribution in [0.5, 0.6) is 11.5 Å². The van der Waals surface area contributed by atoms with Crippen LogP contribution in [0.15, 0.2) is 55.1 Å². The molecule has 61 heavy (non-hydrogen) atoms. The number of anilines is 2. The predicted octanol–water partition coefficient (Wildman–Crippen LogP) is 3.89. The summed E-state index contributed by atoms with van der Waals surface area (Å²) < 4.78 is 42.9. The van der Waals surface area contributed by atoms with Crippen molar-refractivity contribution in [1.82, 2.24) is 30.0 Å². The summed E-state index contributed by atoms with van der Waals surface area (Å²) in [5, 5.41) is 15.8. The molecule has 0 bridgehead atoms. The number of nitrogens with one attached hydrogen (secondary N) is 2. The van der Waals surface area contributed by atoms with Crippen molar-refractivity contribution in [3.8, 4) is 22.6 Å². The number of ether oxygens (including phenoxy) is 2. The van der Waals surface area contributed by atoms with E-state index in [4.69, 9.17) is 21.1 Å². The fourth-order valence-corrected chi connectivity index (χ4v) is 7.80. The maximum atomic E-state index is 16.4. The monoisotopic (exact) mass is 860 g/mol. The largest absolute Gasteiger partial charge is 0.507 e. The van der Waals surface area contributed by atoms with Gasteiger partial charge < -0.3 is 39.5 Å². The lowest BCUT2D eigenvalue weighted by Crippen LogP contribution is -2.52. The van der Waals surface area contributed by atoms with Crippen LogP contribution in [0.25, 0.3) is 22.0 Å². The third kappa shape index (κ3) is 9.19. The molecular weight excluding hydrogens is 818 g/mol. The standard InChI is InChI=1S/C42H43ClF2N8O8/c1-3-33(56)51-13-15-52(16-14-51)39-27-22-28(43)35(36-29(44)5-4-6-31(36)54)37(45)38(27)48-42(49-39)46-12-11-34(57)50(2)17-18-60-19-20-61-25-7-8-26-24(21-25)23-53(41(26)59)30-9-10-32(55)47-40(30)58/h3-8,21-22,30,54H,1,9-20,23H2,2H3,(H,46,48,49)(H,47,55,58). The van der Waals surface area contributed by atoms with Gasteiger partial charge in [0.1, 0.15) is 41.3 Å². The molecule has 0 saturated carbocycles. The highest BCUT2D eigenvalue weighted by molar-refractivity contribution is 6.34. The van der Waals surface area contributed by atoms with Crippen LogP contribution in [-0.4, -0.2) is 131 Å². The molecule has 7 rings (SSSR count). The van der Waals surface area contributed by atoms with Gasteiger partial charge in [0.2, 0.25) is 29.6 Å². The maximum absolute atomic E-state index is 16.4. The van der Waals surface area contributed by atoms with E-state index in [1.54, 1.807) is 30.1 Å². The number of piperazine rings is 1. The number of carbonyl (C=O) groups is 5. The number of likely N-dealkylation sites (N-methyl/N-ethyl adjacent to an activating group) is 1. The first-order chi connectivity index (χ1) is 29.3. The van der Waals surface area contributed by atoms with E-state index >= 15 is 4.39 Å². The van der Waals surface area contributed by atoms with E-state index in [-0.39, 0.29) is 110 Å². The molecule has 2 fully saturated rings. The number of hydrogen-bond donors (Lipinski definition) is 3. The Bertz CT molecular complexity index is 2390. The van der Waals surface area contributed by atoms with Crippen LogP contribution in [0.3, 0.4) is 0 Å². The lowest BCUT2D eigenvalue weighted by molar-refractivity contribution is -0.137. The lowest BCUT2D eigenvalue weighted by Gasteiger charge is -2.35. The minimum atomic E-state index is -0.974. The molecule has 2 saturated heterocycles. The summed E-state index contributed by atoms with van der Waals surface area (Å²) >= 11 is 6.55. The lowest BCUT2D eigenvalue weighted by atomic mass is 10.0. The van der Waals surface area contributed by atoms with E-state index < -0.39 is 34.9 Å². The summed E-state index contributed by atoms with van der Waals surface area (Å²) in [7, 11) is 1.63. The third-order valence-electron chi connectivity index (χ3n) is 10.8. The van der Waals surface area contributed by atoms with Gasteiger partial charge in [-0.15, -0.1) is 0 Å². The van der Waals surface area contributed by atoms with Crippen LogP contribution in [0, 0.1) is 11.6 Å². The van der Waals surface area contributed by atoms with E-state index in [1.807, 2.05) is 4.90 Å². The Morgan fingerprint density at radius 1 is 1.07 bits per heavy atom. The zero-order chi connectivity index (χ0) is 43.4. The Hall–Kier alpha value is -6.40. The van der Waals surface area contributed by atoms with Crippen LogP contribution in [0.2, 0.25) is 5.02 Å². The van der Waals surface area contributed by atoms with E-state index in [2.05, 4.69) is 27.2 Å². The van der Waals surface area contributed by atoms with E-state index in [0.29, 0.717) is 43.3 Å². The van der Waals surface area contributed by atoms with Crippen molar-refractivity contribution in [3.05, 3.63) is 82.9 Å². The molecule has 0 spiro atoms. The summed E-state index contributed by atoms with van der Waals surface area (Å²) in [6.07, 6.45) is 1.71. The second-order valence-corrected chi connectivity index (χ2v) is 15.0. The highest BCUT2D eigenvalue weighted by Crippen LogP contribution is 2.42. The number of phenols is 1. The van der Waals surface area contributed by atoms with Crippen LogP contribution in [-0.2, 0) is 30.5 Å². The zero-order valence-corrected chi connectivity index (χ0v) is 34.0. The fraction of sp³-hybridized carbons (Fsp3) is 0.357. The number of fused-ring (bicyclic) bond motifs is 2. The molecule has 1 aromatic heterocycles. The van der Waals surface area contributed by atoms with Crippen LogP contribution in [0.4, 0.5) is 20.5 Å². The van der Waals surface area contributed by atoms with Crippen molar-refractivity contribution in [2.75, 3.05) is 76.4 Å². The zero-order valence-electron chi connectivity index (χ0n) is 33.2. The number of piperidine rings is 1. The second-order valence-electron chi connectivity index (χ2n) is 14.6. The van der Waals surface area contributed by atoms with Crippen molar-refractivity contribution in [3.63, 3.8) is 0 Å². The van der Waals surface area contributed by atoms with Crippen molar-refractivity contribution < 1.29 is 47.3 Å². The number of carbonyl (C=O) groups excluding carboxylic acids is 5. The predicted molar refractivity (Wildman–Crippen MR) is 220 cm³/mol. The van der Waals surface area contributed by atoms with Crippen molar-refractivity contribution in [1.29, 1.82) is 0 Å². The smallest absolute Gasteiger partial charge is 0.255 e. The molecule has 0 aliphatic carbocycles. The highest BCUT2D eigenvalue weighted by atomic mass is 35.5. The van der Waals surface area contributed by atoms with Gasteiger partial charge in [-0.1, -0.05) is 24.2 Å². The van der Waals surface area contributed by atoms with Crippen LogP contribution >= 0.6 is 11.6 Å². The number of aromatic nitrogens is 2. The van der Waals surface area contributed by atoms with Gasteiger partial charge in [-0.3, -0.25) is 29.3 Å². The number of halogens is 3. The molecule has 320 valence electrons. The molecule has 0 radical (unpaired) electrons. The Morgan fingerprint density at radius 2 is 1.85 bits per heavy atom. The average Bonchev–Trinajstić information content (AvgIpc) is 3.57. The Balaban J connectivity index is 0.923. The van der Waals surface area contributed by atoms with Crippen molar-refractivity contribution in [2.24, 2.45) is 0 Å². The van der Waals surface area contributed by atoms with Gasteiger partial charge in [-0.25, -0.2) is 13.8 Å². The molecule has 16 nitrogen and oxygen atoms in total. The van der Waals surface area contributed by atoms with Gasteiger partial charge in [0.25, 0.3) is 5.91 Å². The Morgan fingerprint density at radius 3 is 2.59 bits per heavy atom. The number of rotatable bonds is 15. The second kappa shape index (κ2) is 18.5. The fourth-order valence-electron chi connectivity index (χ4n) is 7.52. The summed E-state index contributed by atoms with van der Waals surface area (Å²) in [4.78, 5) is 77.6. The van der Waals surface area contributed by atoms with Gasteiger partial charge >= 0.3 is 0 Å². The minimum absolute atomic E-state index is 0.00239. The number of phenolic OH excluding ortho intramolecular Hbond substituents is 1. The quantitative estimate of drug-likeness (QED) is 0.0892. The van der Waals surface area contributed by atoms with Gasteiger partial charge in [0.15, 0.2) is 5.82 Å². The molecule has 4 aromatic rings. The van der Waals surface area contributed by atoms with Crippen LogP contribution < -0.4 is 20.3 Å². The van der Waals surface area contributed by atoms with Gasteiger partial charge in [-0.2, -0.15) is 4.98 Å². The molecule has 19 heteroatoms. The summed E-state index contributed by atoms with van der Waals surface area (Å²) in [6.45, 7) is 6.19. The summed E-state index contributed by atoms with van der Waals surface area (Å²) in [5.41, 5.74) is 0.233. The summed E-state index contributed by atoms with van der Waals surface area (Å²) in [5.74, 6) is -3.04. The molecule has 4 heterocycles. The van der Waals surface area contributed by atoms with E-state index in [0.717, 1.165) is 11.6 Å². The summed E-state index contributed by atoms with van der Waals surface area (Å²) in [6, 6.07) is 9.38.